The molecule has 1 unspecified atom stereocenters. The Hall–Kier alpha value is -0.530. The molecular formula is C11H18NO. The van der Waals surface area contributed by atoms with Crippen molar-refractivity contribution < 1.29 is 4.74 Å². The fraction of sp³-hybridized carbons (Fsp3) is 0.909. The second kappa shape index (κ2) is 4.64. The van der Waals surface area contributed by atoms with Crippen LogP contribution >= 0.6 is 0 Å². The van der Waals surface area contributed by atoms with Crippen molar-refractivity contribution >= 4 is 6.40 Å². The molecule has 2 rings (SSSR count). The van der Waals surface area contributed by atoms with Crippen molar-refractivity contribution in [3.05, 3.63) is 0 Å². The highest BCUT2D eigenvalue weighted by atomic mass is 16.5. The van der Waals surface area contributed by atoms with E-state index in [4.69, 9.17) is 4.74 Å². The van der Waals surface area contributed by atoms with Gasteiger partial charge in [0.1, 0.15) is 6.61 Å². The lowest BCUT2D eigenvalue weighted by atomic mass is 9.85. The van der Waals surface area contributed by atoms with Gasteiger partial charge in [-0.3, -0.25) is 0 Å². The molecule has 73 valence electrons. The van der Waals surface area contributed by atoms with Crippen molar-refractivity contribution in [1.29, 1.82) is 0 Å². The van der Waals surface area contributed by atoms with Gasteiger partial charge in [0.25, 0.3) is 6.40 Å². The minimum Gasteiger partial charge on any atom is -0.472 e. The van der Waals surface area contributed by atoms with Gasteiger partial charge in [0.05, 0.1) is 6.04 Å². The maximum atomic E-state index is 4.98. The molecule has 1 fully saturated rings. The SMILES string of the molecule is [C]1=NC(CCC2CCCCC2)CO1. The van der Waals surface area contributed by atoms with E-state index in [2.05, 4.69) is 11.4 Å². The van der Waals surface area contributed by atoms with Crippen LogP contribution in [0.1, 0.15) is 44.9 Å². The Morgan fingerprint density at radius 3 is 2.69 bits per heavy atom. The molecule has 1 aliphatic carbocycles. The second-order valence-corrected chi connectivity index (χ2v) is 4.27. The Kier molecular flexibility index (Phi) is 3.22. The molecule has 1 radical (unpaired) electrons. The Labute approximate surface area is 80.4 Å². The number of hydrogen-bond acceptors (Lipinski definition) is 2. The summed E-state index contributed by atoms with van der Waals surface area (Å²) < 4.78 is 4.98. The fourth-order valence-electron chi connectivity index (χ4n) is 2.33. The topological polar surface area (TPSA) is 21.6 Å². The Bertz CT molecular complexity index is 173. The molecule has 0 amide bonds. The number of hydrogen-bond donors (Lipinski definition) is 0. The van der Waals surface area contributed by atoms with Crippen LogP contribution in [-0.2, 0) is 4.74 Å². The molecule has 0 spiro atoms. The highest BCUT2D eigenvalue weighted by Gasteiger charge is 2.17. The van der Waals surface area contributed by atoms with Crippen LogP contribution in [0.25, 0.3) is 0 Å². The summed E-state index contributed by atoms with van der Waals surface area (Å²) in [5.74, 6) is 0.976. The first-order valence-electron chi connectivity index (χ1n) is 5.52. The normalized spacial score (nSPS) is 29.1. The Morgan fingerprint density at radius 1 is 1.15 bits per heavy atom. The molecule has 0 aromatic rings. The van der Waals surface area contributed by atoms with Crippen LogP contribution in [0.15, 0.2) is 4.99 Å². The number of aliphatic imine (C=N–C) groups is 1. The van der Waals surface area contributed by atoms with Crippen LogP contribution in [0, 0.1) is 5.92 Å². The zero-order chi connectivity index (χ0) is 8.93. The first kappa shape index (κ1) is 9.04. The third kappa shape index (κ3) is 2.71. The average molecular weight is 180 g/mol. The van der Waals surface area contributed by atoms with Crippen molar-refractivity contribution in [1.82, 2.24) is 0 Å². The second-order valence-electron chi connectivity index (χ2n) is 4.27. The van der Waals surface area contributed by atoms with E-state index >= 15 is 0 Å². The van der Waals surface area contributed by atoms with Crippen molar-refractivity contribution in [2.45, 2.75) is 51.0 Å². The van der Waals surface area contributed by atoms with Gasteiger partial charge in [0, 0.05) is 0 Å². The van der Waals surface area contributed by atoms with Crippen LogP contribution in [0.2, 0.25) is 0 Å². The first-order valence-corrected chi connectivity index (χ1v) is 5.52. The lowest BCUT2D eigenvalue weighted by Gasteiger charge is -2.21. The Balaban J connectivity index is 1.63. The monoisotopic (exact) mass is 180 g/mol. The molecule has 1 heterocycles. The van der Waals surface area contributed by atoms with E-state index in [0.29, 0.717) is 6.04 Å². The summed E-state index contributed by atoms with van der Waals surface area (Å²) in [5.41, 5.74) is 0. The third-order valence-corrected chi connectivity index (χ3v) is 3.21. The van der Waals surface area contributed by atoms with E-state index in [0.717, 1.165) is 12.5 Å². The average Bonchev–Trinajstić information content (AvgIpc) is 2.69. The quantitative estimate of drug-likeness (QED) is 0.654. The molecule has 1 saturated carbocycles. The number of ether oxygens (including phenoxy) is 1. The Morgan fingerprint density at radius 2 is 2.00 bits per heavy atom. The zero-order valence-corrected chi connectivity index (χ0v) is 8.17. The summed E-state index contributed by atoms with van der Waals surface area (Å²) >= 11 is 0. The first-order chi connectivity index (χ1) is 6.45. The van der Waals surface area contributed by atoms with Crippen LogP contribution in [0.5, 0.6) is 0 Å². The molecular weight excluding hydrogens is 162 g/mol. The van der Waals surface area contributed by atoms with Crippen LogP contribution < -0.4 is 0 Å². The van der Waals surface area contributed by atoms with Crippen molar-refractivity contribution in [3.8, 4) is 0 Å². The predicted molar refractivity (Wildman–Crippen MR) is 53.0 cm³/mol. The molecule has 0 aromatic carbocycles. The fourth-order valence-corrected chi connectivity index (χ4v) is 2.33. The minimum atomic E-state index is 0.418. The van der Waals surface area contributed by atoms with Gasteiger partial charge in [-0.05, 0) is 18.8 Å². The lowest BCUT2D eigenvalue weighted by Crippen LogP contribution is -2.12. The van der Waals surface area contributed by atoms with Gasteiger partial charge in [-0.1, -0.05) is 32.1 Å². The highest BCUT2D eigenvalue weighted by molar-refractivity contribution is 5.48. The largest absolute Gasteiger partial charge is 0.472 e. The predicted octanol–water partition coefficient (Wildman–Crippen LogP) is 2.65. The van der Waals surface area contributed by atoms with E-state index in [-0.39, 0.29) is 0 Å². The van der Waals surface area contributed by atoms with Crippen LogP contribution in [-0.4, -0.2) is 19.0 Å². The van der Waals surface area contributed by atoms with Crippen molar-refractivity contribution in [2.24, 2.45) is 10.9 Å². The van der Waals surface area contributed by atoms with Gasteiger partial charge in [-0.2, -0.15) is 0 Å². The summed E-state index contributed by atoms with van der Waals surface area (Å²) in [7, 11) is 0. The molecule has 0 saturated heterocycles. The lowest BCUT2D eigenvalue weighted by molar-refractivity contribution is 0.289. The van der Waals surface area contributed by atoms with E-state index in [1.54, 1.807) is 0 Å². The summed E-state index contributed by atoms with van der Waals surface area (Å²) in [6.07, 6.45) is 12.4. The highest BCUT2D eigenvalue weighted by Crippen LogP contribution is 2.28. The van der Waals surface area contributed by atoms with Gasteiger partial charge in [0.2, 0.25) is 0 Å². The van der Waals surface area contributed by atoms with Crippen LogP contribution in [0.3, 0.4) is 0 Å². The standard InChI is InChI=1S/C11H18NO/c1-2-4-10(5-3-1)6-7-11-8-13-9-12-11/h10-11H,1-8H2. The van der Waals surface area contributed by atoms with Gasteiger partial charge < -0.3 is 4.74 Å². The molecule has 1 atom stereocenters. The number of rotatable bonds is 3. The zero-order valence-electron chi connectivity index (χ0n) is 8.17. The molecule has 1 aliphatic heterocycles. The van der Waals surface area contributed by atoms with Gasteiger partial charge >= 0.3 is 0 Å². The summed E-state index contributed by atoms with van der Waals surface area (Å²) in [6.45, 7) is 0.771. The molecule has 2 heteroatoms. The molecule has 2 nitrogen and oxygen atoms in total. The summed E-state index contributed by atoms with van der Waals surface area (Å²) in [5, 5.41) is 0. The summed E-state index contributed by atoms with van der Waals surface area (Å²) in [6, 6.07) is 0.418. The maximum absolute atomic E-state index is 4.98. The maximum Gasteiger partial charge on any atom is 0.273 e. The third-order valence-electron chi connectivity index (χ3n) is 3.21. The summed E-state index contributed by atoms with van der Waals surface area (Å²) in [4.78, 5) is 4.15. The van der Waals surface area contributed by atoms with E-state index in [9.17, 15) is 0 Å². The van der Waals surface area contributed by atoms with E-state index < -0.39 is 0 Å². The van der Waals surface area contributed by atoms with Crippen LogP contribution in [0.4, 0.5) is 0 Å². The molecule has 0 N–H and O–H groups in total. The molecule has 0 aromatic heterocycles. The minimum absolute atomic E-state index is 0.418. The van der Waals surface area contributed by atoms with E-state index in [1.165, 1.54) is 44.9 Å². The van der Waals surface area contributed by atoms with Gasteiger partial charge in [-0.25, -0.2) is 4.99 Å². The number of nitrogens with zero attached hydrogens (tertiary/aromatic N) is 1. The van der Waals surface area contributed by atoms with E-state index in [1.807, 2.05) is 0 Å². The molecule has 13 heavy (non-hydrogen) atoms. The molecule has 2 aliphatic rings. The van der Waals surface area contributed by atoms with Crippen molar-refractivity contribution in [2.75, 3.05) is 6.61 Å². The smallest absolute Gasteiger partial charge is 0.273 e. The molecule has 0 bridgehead atoms. The van der Waals surface area contributed by atoms with Gasteiger partial charge in [-0.15, -0.1) is 0 Å². The van der Waals surface area contributed by atoms with Gasteiger partial charge in [0.15, 0.2) is 0 Å². The van der Waals surface area contributed by atoms with Crippen molar-refractivity contribution in [3.63, 3.8) is 0 Å².